The van der Waals surface area contributed by atoms with Crippen LogP contribution >= 0.6 is 0 Å². The summed E-state index contributed by atoms with van der Waals surface area (Å²) in [5, 5.41) is 3.57. The average Bonchev–Trinajstić information content (AvgIpc) is 3.49. The summed E-state index contributed by atoms with van der Waals surface area (Å²) in [7, 11) is 0. The molecule has 0 N–H and O–H groups in total. The van der Waals surface area contributed by atoms with Crippen LogP contribution < -0.4 is 5.43 Å². The number of hydrogen-bond acceptors (Lipinski definition) is 2. The van der Waals surface area contributed by atoms with E-state index in [0.717, 1.165) is 27.8 Å². The van der Waals surface area contributed by atoms with Crippen molar-refractivity contribution in [3.63, 3.8) is 0 Å². The predicted molar refractivity (Wildman–Crippen MR) is 177 cm³/mol. The van der Waals surface area contributed by atoms with Crippen molar-refractivity contribution in [1.29, 1.82) is 0 Å². The summed E-state index contributed by atoms with van der Waals surface area (Å²) in [6.45, 7) is 4.62. The second-order valence-electron chi connectivity index (χ2n) is 12.1. The molecule has 0 saturated heterocycles. The first-order valence-electron chi connectivity index (χ1n) is 14.7. The van der Waals surface area contributed by atoms with Gasteiger partial charge in [-0.2, -0.15) is 0 Å². The van der Waals surface area contributed by atoms with Crippen molar-refractivity contribution in [3.8, 4) is 27.9 Å². The SMILES string of the molecule is CC1(C)c2ccccc2-c2cc3c4ccccc4n(-c4ccc5oc6ccc(-c7ccccc7)cc6c(=O)c5c4)c3cc21. The average molecular weight is 554 g/mol. The maximum Gasteiger partial charge on any atom is 0.200 e. The molecule has 3 heteroatoms. The molecule has 0 unspecified atom stereocenters. The van der Waals surface area contributed by atoms with E-state index in [1.54, 1.807) is 0 Å². The summed E-state index contributed by atoms with van der Waals surface area (Å²) in [6.07, 6.45) is 0. The van der Waals surface area contributed by atoms with Crippen molar-refractivity contribution in [2.24, 2.45) is 0 Å². The number of fused-ring (bicyclic) bond motifs is 8. The van der Waals surface area contributed by atoms with E-state index in [-0.39, 0.29) is 10.8 Å². The minimum atomic E-state index is -0.110. The third-order valence-electron chi connectivity index (χ3n) is 9.39. The van der Waals surface area contributed by atoms with Crippen molar-refractivity contribution in [2.75, 3.05) is 0 Å². The molecule has 8 aromatic rings. The number of benzene rings is 6. The maximum absolute atomic E-state index is 14.0. The summed E-state index contributed by atoms with van der Waals surface area (Å²) < 4.78 is 8.58. The topological polar surface area (TPSA) is 35.1 Å². The zero-order valence-electron chi connectivity index (χ0n) is 23.9. The van der Waals surface area contributed by atoms with Crippen LogP contribution in [0.25, 0.3) is 71.7 Å². The van der Waals surface area contributed by atoms with Crippen molar-refractivity contribution in [3.05, 3.63) is 149 Å². The normalized spacial score (nSPS) is 13.6. The Morgan fingerprint density at radius 1 is 0.535 bits per heavy atom. The smallest absolute Gasteiger partial charge is 0.200 e. The molecule has 3 nitrogen and oxygen atoms in total. The van der Waals surface area contributed by atoms with Gasteiger partial charge in [-0.1, -0.05) is 92.7 Å². The zero-order chi connectivity index (χ0) is 28.9. The van der Waals surface area contributed by atoms with E-state index >= 15 is 0 Å². The fraction of sp³-hybridized carbons (Fsp3) is 0.0750. The van der Waals surface area contributed by atoms with Gasteiger partial charge < -0.3 is 8.98 Å². The highest BCUT2D eigenvalue weighted by Crippen LogP contribution is 2.51. The molecule has 1 aliphatic rings. The Morgan fingerprint density at radius 3 is 2.12 bits per heavy atom. The van der Waals surface area contributed by atoms with Gasteiger partial charge in [0.05, 0.1) is 21.8 Å². The Bertz CT molecular complexity index is 2500. The van der Waals surface area contributed by atoms with Crippen LogP contribution in [-0.2, 0) is 5.41 Å². The van der Waals surface area contributed by atoms with E-state index in [4.69, 9.17) is 4.42 Å². The van der Waals surface area contributed by atoms with E-state index in [0.29, 0.717) is 21.9 Å². The Balaban J connectivity index is 1.31. The minimum absolute atomic E-state index is 0.0193. The van der Waals surface area contributed by atoms with Crippen LogP contribution in [0.5, 0.6) is 0 Å². The third kappa shape index (κ3) is 3.33. The van der Waals surface area contributed by atoms with Gasteiger partial charge in [0.15, 0.2) is 0 Å². The quantitative estimate of drug-likeness (QED) is 0.200. The molecule has 2 aromatic heterocycles. The van der Waals surface area contributed by atoms with Gasteiger partial charge in [0.2, 0.25) is 5.43 Å². The lowest BCUT2D eigenvalue weighted by atomic mass is 9.82. The standard InChI is InChI=1S/C40H27NO2/c1-40(2)33-14-8-6-12-27(33)29-22-30-28-13-7-9-15-35(28)41(36(30)23-34(29)40)26-17-19-38-32(21-26)39(42)31-20-25(16-18-37(31)43-38)24-10-4-3-5-11-24/h3-23H,1-2H3. The Hall–Kier alpha value is -5.41. The first-order valence-corrected chi connectivity index (χ1v) is 14.7. The fourth-order valence-electron chi connectivity index (χ4n) is 7.23. The molecule has 0 radical (unpaired) electrons. The molecule has 0 aliphatic heterocycles. The molecule has 0 saturated carbocycles. The second-order valence-corrected chi connectivity index (χ2v) is 12.1. The number of para-hydroxylation sites is 1. The van der Waals surface area contributed by atoms with E-state index in [9.17, 15) is 4.79 Å². The van der Waals surface area contributed by atoms with Crippen LogP contribution in [0.4, 0.5) is 0 Å². The van der Waals surface area contributed by atoms with Gasteiger partial charge in [-0.05, 0) is 81.9 Å². The Morgan fingerprint density at radius 2 is 1.26 bits per heavy atom. The molecule has 43 heavy (non-hydrogen) atoms. The number of hydrogen-bond donors (Lipinski definition) is 0. The number of nitrogens with zero attached hydrogens (tertiary/aromatic N) is 1. The summed E-state index contributed by atoms with van der Waals surface area (Å²) in [5.41, 5.74) is 11.6. The van der Waals surface area contributed by atoms with Gasteiger partial charge in [-0.3, -0.25) is 4.79 Å². The van der Waals surface area contributed by atoms with Gasteiger partial charge in [0, 0.05) is 21.9 Å². The number of aromatic nitrogens is 1. The van der Waals surface area contributed by atoms with E-state index < -0.39 is 0 Å². The molecule has 9 rings (SSSR count). The van der Waals surface area contributed by atoms with Crippen LogP contribution in [-0.4, -0.2) is 4.57 Å². The van der Waals surface area contributed by atoms with Crippen LogP contribution in [0.1, 0.15) is 25.0 Å². The summed E-state index contributed by atoms with van der Waals surface area (Å²) in [5.74, 6) is 0. The van der Waals surface area contributed by atoms with Gasteiger partial charge in [-0.25, -0.2) is 0 Å². The Labute approximate surface area is 248 Å². The molecule has 2 heterocycles. The van der Waals surface area contributed by atoms with Gasteiger partial charge in [-0.15, -0.1) is 0 Å². The van der Waals surface area contributed by atoms with Crippen LogP contribution in [0.3, 0.4) is 0 Å². The van der Waals surface area contributed by atoms with E-state index in [1.165, 1.54) is 33.0 Å². The largest absolute Gasteiger partial charge is 0.456 e. The lowest BCUT2D eigenvalue weighted by Gasteiger charge is -2.21. The molecule has 0 atom stereocenters. The van der Waals surface area contributed by atoms with Crippen LogP contribution in [0, 0.1) is 0 Å². The highest BCUT2D eigenvalue weighted by Gasteiger charge is 2.36. The predicted octanol–water partition coefficient (Wildman–Crippen LogP) is 10.0. The molecule has 6 aromatic carbocycles. The molecule has 204 valence electrons. The van der Waals surface area contributed by atoms with Gasteiger partial charge in [0.25, 0.3) is 0 Å². The van der Waals surface area contributed by atoms with Crippen molar-refractivity contribution >= 4 is 43.7 Å². The lowest BCUT2D eigenvalue weighted by molar-refractivity contribution is 0.660. The van der Waals surface area contributed by atoms with Crippen molar-refractivity contribution in [1.82, 2.24) is 4.57 Å². The molecule has 0 amide bonds. The van der Waals surface area contributed by atoms with Crippen LogP contribution in [0.15, 0.2) is 137 Å². The van der Waals surface area contributed by atoms with Gasteiger partial charge >= 0.3 is 0 Å². The van der Waals surface area contributed by atoms with Crippen LogP contribution in [0.2, 0.25) is 0 Å². The summed E-state index contributed by atoms with van der Waals surface area (Å²) >= 11 is 0. The minimum Gasteiger partial charge on any atom is -0.456 e. The Kier molecular flexibility index (Phi) is 4.82. The molecule has 0 fully saturated rings. The molecular formula is C40H27NO2. The molecule has 1 aliphatic carbocycles. The summed E-state index contributed by atoms with van der Waals surface area (Å²) in [6, 6.07) is 44.0. The first kappa shape index (κ1) is 24.2. The monoisotopic (exact) mass is 553 g/mol. The lowest BCUT2D eigenvalue weighted by Crippen LogP contribution is -2.15. The van der Waals surface area contributed by atoms with E-state index in [2.05, 4.69) is 97.3 Å². The molecule has 0 bridgehead atoms. The molecular weight excluding hydrogens is 526 g/mol. The first-order chi connectivity index (χ1) is 21.0. The third-order valence-corrected chi connectivity index (χ3v) is 9.39. The fourth-order valence-corrected chi connectivity index (χ4v) is 7.23. The highest BCUT2D eigenvalue weighted by atomic mass is 16.3. The molecule has 0 spiro atoms. The number of rotatable bonds is 2. The highest BCUT2D eigenvalue weighted by molar-refractivity contribution is 6.12. The van der Waals surface area contributed by atoms with Crippen molar-refractivity contribution < 1.29 is 4.42 Å². The van der Waals surface area contributed by atoms with E-state index in [1.807, 2.05) is 48.5 Å². The van der Waals surface area contributed by atoms with Gasteiger partial charge in [0.1, 0.15) is 11.2 Å². The van der Waals surface area contributed by atoms with Crippen molar-refractivity contribution in [2.45, 2.75) is 19.3 Å². The maximum atomic E-state index is 14.0. The zero-order valence-corrected chi connectivity index (χ0v) is 23.9. The second kappa shape index (κ2) is 8.56. The summed E-state index contributed by atoms with van der Waals surface area (Å²) in [4.78, 5) is 14.0.